The SMILES string of the molecule is CC(C)(C)OC(=O)N1CC=C(c2ccc(C#CC#CCCCO)c(F)c2)CC1.Cl.OCCCC#CC#Cc1ccc(C2=CCNCC2)cc1F. The lowest BCUT2D eigenvalue weighted by Crippen LogP contribution is -2.39. The number of hydrogen-bond acceptors (Lipinski definition) is 5. The fourth-order valence-electron chi connectivity index (χ4n) is 4.69. The number of rotatable bonds is 6. The Hall–Kier alpha value is -4.54. The van der Waals surface area contributed by atoms with E-state index in [-0.39, 0.29) is 37.5 Å². The first-order valence-electron chi connectivity index (χ1n) is 16.5. The van der Waals surface area contributed by atoms with E-state index in [0.717, 1.165) is 36.2 Å². The largest absolute Gasteiger partial charge is 0.444 e. The molecule has 4 rings (SSSR count). The van der Waals surface area contributed by atoms with Gasteiger partial charge in [-0.2, -0.15) is 0 Å². The van der Waals surface area contributed by atoms with E-state index in [0.29, 0.717) is 56.3 Å². The van der Waals surface area contributed by atoms with Crippen LogP contribution in [0.4, 0.5) is 13.6 Å². The number of hydrogen-bond donors (Lipinski definition) is 3. The lowest BCUT2D eigenvalue weighted by atomic mass is 9.98. The highest BCUT2D eigenvalue weighted by molar-refractivity contribution is 5.85. The second-order valence-electron chi connectivity index (χ2n) is 12.2. The molecule has 6 nitrogen and oxygen atoms in total. The lowest BCUT2D eigenvalue weighted by Gasteiger charge is -2.29. The molecule has 0 unspecified atom stereocenters. The average Bonchev–Trinajstić information content (AvgIpc) is 3.09. The molecule has 0 saturated carbocycles. The van der Waals surface area contributed by atoms with E-state index in [1.165, 1.54) is 11.6 Å². The smallest absolute Gasteiger partial charge is 0.410 e. The molecule has 264 valence electrons. The number of amides is 1. The summed E-state index contributed by atoms with van der Waals surface area (Å²) < 4.78 is 33.7. The van der Waals surface area contributed by atoms with Gasteiger partial charge < -0.3 is 25.2 Å². The Morgan fingerprint density at radius 1 is 0.840 bits per heavy atom. The van der Waals surface area contributed by atoms with Crippen molar-refractivity contribution in [3.63, 3.8) is 0 Å². The Bertz CT molecular complexity index is 1770. The molecule has 0 saturated heterocycles. The number of nitrogens with one attached hydrogen (secondary N) is 1. The van der Waals surface area contributed by atoms with Crippen LogP contribution < -0.4 is 5.32 Å². The van der Waals surface area contributed by atoms with Crippen molar-refractivity contribution in [1.82, 2.24) is 10.2 Å². The van der Waals surface area contributed by atoms with Crippen LogP contribution >= 0.6 is 12.4 Å². The molecule has 1 amide bonds. The Morgan fingerprint density at radius 2 is 1.38 bits per heavy atom. The molecule has 0 bridgehead atoms. The standard InChI is InChI=1S/C23H26FNO3.C18H18FNO.ClH/c1-23(2,3)28-22(27)25-14-12-18(13-15-25)20-11-10-19(21(24)17-20)9-7-5-4-6-8-16-26;19-18-14-17(15-9-11-20-12-10-15)8-7-16(18)6-4-2-1-3-5-13-21;/h10-12,17,26H,6,8,13-16H2,1-3H3;7-9,14,20-21H,3,5,10-13H2;1H. The molecule has 9 heteroatoms. The van der Waals surface area contributed by atoms with Crippen LogP contribution in [0.1, 0.15) is 81.5 Å². The second kappa shape index (κ2) is 22.2. The van der Waals surface area contributed by atoms with Crippen molar-refractivity contribution in [2.75, 3.05) is 39.4 Å². The zero-order valence-electron chi connectivity index (χ0n) is 28.9. The maximum absolute atomic E-state index is 14.3. The van der Waals surface area contributed by atoms with Crippen LogP contribution in [0.3, 0.4) is 0 Å². The molecule has 50 heavy (non-hydrogen) atoms. The van der Waals surface area contributed by atoms with Crippen LogP contribution in [-0.4, -0.2) is 66.2 Å². The van der Waals surface area contributed by atoms with Crippen molar-refractivity contribution >= 4 is 29.6 Å². The Morgan fingerprint density at radius 3 is 1.80 bits per heavy atom. The van der Waals surface area contributed by atoms with Gasteiger partial charge in [0.15, 0.2) is 0 Å². The molecule has 0 aromatic heterocycles. The van der Waals surface area contributed by atoms with Crippen molar-refractivity contribution < 1.29 is 28.5 Å². The fourth-order valence-corrected chi connectivity index (χ4v) is 4.69. The summed E-state index contributed by atoms with van der Waals surface area (Å²) in [6, 6.07) is 10.1. The highest BCUT2D eigenvalue weighted by Gasteiger charge is 2.24. The van der Waals surface area contributed by atoms with Gasteiger partial charge in [-0.25, -0.2) is 13.6 Å². The Kier molecular flexibility index (Phi) is 18.5. The summed E-state index contributed by atoms with van der Waals surface area (Å²) in [6.07, 6.45) is 7.67. The summed E-state index contributed by atoms with van der Waals surface area (Å²) in [5.41, 5.74) is 4.04. The number of unbranched alkanes of at least 4 members (excludes halogenated alkanes) is 2. The minimum absolute atomic E-state index is 0. The minimum Gasteiger partial charge on any atom is -0.444 e. The van der Waals surface area contributed by atoms with E-state index in [1.807, 2.05) is 39.0 Å². The molecule has 0 fully saturated rings. The molecule has 0 radical (unpaired) electrons. The minimum atomic E-state index is -0.524. The van der Waals surface area contributed by atoms with Crippen molar-refractivity contribution in [1.29, 1.82) is 0 Å². The predicted molar refractivity (Wildman–Crippen MR) is 198 cm³/mol. The molecule has 3 N–H and O–H groups in total. The Labute approximate surface area is 301 Å². The van der Waals surface area contributed by atoms with Gasteiger partial charge in [0.1, 0.15) is 17.2 Å². The van der Waals surface area contributed by atoms with Gasteiger partial charge in [-0.3, -0.25) is 0 Å². The molecule has 0 spiro atoms. The molecule has 2 heterocycles. The highest BCUT2D eigenvalue weighted by Crippen LogP contribution is 2.25. The summed E-state index contributed by atoms with van der Waals surface area (Å²) in [7, 11) is 0. The van der Waals surface area contributed by atoms with Gasteiger partial charge in [0, 0.05) is 45.7 Å². The van der Waals surface area contributed by atoms with Gasteiger partial charge in [-0.15, -0.1) is 12.4 Å². The van der Waals surface area contributed by atoms with E-state index in [9.17, 15) is 13.6 Å². The van der Waals surface area contributed by atoms with E-state index >= 15 is 0 Å². The maximum Gasteiger partial charge on any atom is 0.410 e. The van der Waals surface area contributed by atoms with Crippen LogP contribution in [0.25, 0.3) is 11.1 Å². The number of carbonyl (C=O) groups is 1. The normalized spacial score (nSPS) is 13.3. The van der Waals surface area contributed by atoms with Crippen molar-refractivity contribution in [2.24, 2.45) is 0 Å². The van der Waals surface area contributed by atoms with Crippen molar-refractivity contribution in [3.8, 4) is 47.4 Å². The van der Waals surface area contributed by atoms with Crippen molar-refractivity contribution in [3.05, 3.63) is 82.4 Å². The van der Waals surface area contributed by atoms with E-state index in [4.69, 9.17) is 14.9 Å². The van der Waals surface area contributed by atoms with Gasteiger partial charge in [-0.1, -0.05) is 36.1 Å². The first kappa shape index (κ1) is 41.6. The summed E-state index contributed by atoms with van der Waals surface area (Å²) in [4.78, 5) is 13.8. The number of aliphatic hydroxyl groups excluding tert-OH is 2. The third-order valence-corrected chi connectivity index (χ3v) is 7.22. The molecule has 2 aromatic rings. The average molecular weight is 703 g/mol. The molecule has 2 aliphatic heterocycles. The van der Waals surface area contributed by atoms with Crippen molar-refractivity contribution in [2.45, 2.75) is 64.9 Å². The van der Waals surface area contributed by atoms with Crippen LogP contribution in [0, 0.1) is 59.0 Å². The topological polar surface area (TPSA) is 82.0 Å². The maximum atomic E-state index is 14.3. The van der Waals surface area contributed by atoms with Crippen LogP contribution in [0.5, 0.6) is 0 Å². The Balaban J connectivity index is 0.000000353. The summed E-state index contributed by atoms with van der Waals surface area (Å²) >= 11 is 0. The summed E-state index contributed by atoms with van der Waals surface area (Å²) in [5.74, 6) is 21.0. The van der Waals surface area contributed by atoms with Gasteiger partial charge in [0.05, 0.1) is 11.1 Å². The van der Waals surface area contributed by atoms with Crippen LogP contribution in [-0.2, 0) is 4.74 Å². The summed E-state index contributed by atoms with van der Waals surface area (Å²) in [5, 5.41) is 20.5. The molecule has 0 aliphatic carbocycles. The van der Waals surface area contributed by atoms with Gasteiger partial charge in [-0.05, 0) is 135 Å². The second-order valence-corrected chi connectivity index (χ2v) is 12.2. The molecule has 2 aromatic carbocycles. The predicted octanol–water partition coefficient (Wildman–Crippen LogP) is 6.73. The van der Waals surface area contributed by atoms with E-state index < -0.39 is 11.4 Å². The van der Waals surface area contributed by atoms with E-state index in [1.54, 1.807) is 23.1 Å². The number of benzene rings is 2. The quantitative estimate of drug-likeness (QED) is 0.230. The first-order valence-corrected chi connectivity index (χ1v) is 16.5. The van der Waals surface area contributed by atoms with E-state index in [2.05, 4.69) is 58.8 Å². The number of aliphatic hydroxyl groups is 2. The fraction of sp³-hybridized carbons (Fsp3) is 0.390. The molecule has 0 atom stereocenters. The molecular formula is C41H45ClF2N2O4. The number of carbonyl (C=O) groups excluding carboxylic acids is 1. The number of ether oxygens (including phenoxy) is 1. The highest BCUT2D eigenvalue weighted by atomic mass is 35.5. The molecule has 2 aliphatic rings. The zero-order chi connectivity index (χ0) is 35.5. The van der Waals surface area contributed by atoms with Crippen LogP contribution in [0.15, 0.2) is 48.6 Å². The zero-order valence-corrected chi connectivity index (χ0v) is 29.7. The number of halogens is 3. The van der Waals surface area contributed by atoms with Gasteiger partial charge in [0.25, 0.3) is 0 Å². The summed E-state index contributed by atoms with van der Waals surface area (Å²) in [6.45, 7) is 8.48. The third-order valence-electron chi connectivity index (χ3n) is 7.22. The third kappa shape index (κ3) is 14.9. The number of nitrogens with zero attached hydrogens (tertiary/aromatic N) is 1. The first-order chi connectivity index (χ1) is 23.6. The molecular weight excluding hydrogens is 658 g/mol. The van der Waals surface area contributed by atoms with Crippen LogP contribution in [0.2, 0.25) is 0 Å². The van der Waals surface area contributed by atoms with Gasteiger partial charge in [0.2, 0.25) is 0 Å². The monoisotopic (exact) mass is 702 g/mol. The van der Waals surface area contributed by atoms with Gasteiger partial charge >= 0.3 is 6.09 Å². The lowest BCUT2D eigenvalue weighted by molar-refractivity contribution is 0.0270.